The minimum Gasteiger partial charge on any atom is -0.492 e. The summed E-state index contributed by atoms with van der Waals surface area (Å²) >= 11 is 0. The Morgan fingerprint density at radius 1 is 1.20 bits per heavy atom. The highest BCUT2D eigenvalue weighted by atomic mass is 19.2. The van der Waals surface area contributed by atoms with Crippen LogP contribution in [0.3, 0.4) is 0 Å². The Morgan fingerprint density at radius 2 is 2.00 bits per heavy atom. The van der Waals surface area contributed by atoms with Crippen molar-refractivity contribution in [1.82, 2.24) is 9.88 Å². The largest absolute Gasteiger partial charge is 0.492 e. The molecule has 0 radical (unpaired) electrons. The lowest BCUT2D eigenvalue weighted by molar-refractivity contribution is -0.384. The number of aryl methyl sites for hydroxylation is 1. The Kier molecular flexibility index (Phi) is 6.40. The third-order valence-electron chi connectivity index (χ3n) is 4.23. The fraction of sp³-hybridized carbons (Fsp3) is 0.263. The standard InChI is InChI=1S/C19H17F2N3O6/c20-14-5-4-13(11-15(14)21)29-9-7-22-18(25)2-1-8-23-16-6-3-12(24(27)28)10-17(16)30-19(23)26/h3-6,10-11H,1-2,7-9H2,(H,22,25). The number of hydrogen-bond acceptors (Lipinski definition) is 6. The average molecular weight is 421 g/mol. The molecule has 1 N–H and O–H groups in total. The number of benzene rings is 2. The number of nitrogens with zero attached hydrogens (tertiary/aromatic N) is 2. The molecule has 0 bridgehead atoms. The fourth-order valence-electron chi connectivity index (χ4n) is 2.79. The van der Waals surface area contributed by atoms with Gasteiger partial charge in [0.2, 0.25) is 5.91 Å². The molecule has 3 rings (SSSR count). The average Bonchev–Trinajstić information content (AvgIpc) is 3.02. The van der Waals surface area contributed by atoms with Crippen molar-refractivity contribution in [2.24, 2.45) is 0 Å². The summed E-state index contributed by atoms with van der Waals surface area (Å²) in [5, 5.41) is 13.4. The molecule has 3 aromatic rings. The van der Waals surface area contributed by atoms with Crippen LogP contribution in [0.15, 0.2) is 45.6 Å². The second-order valence-electron chi connectivity index (χ2n) is 6.31. The van der Waals surface area contributed by atoms with Gasteiger partial charge in [-0.25, -0.2) is 13.6 Å². The minimum absolute atomic E-state index is 0.0709. The van der Waals surface area contributed by atoms with E-state index >= 15 is 0 Å². The Bertz CT molecular complexity index is 1140. The Labute approximate surface area is 168 Å². The Morgan fingerprint density at radius 3 is 2.73 bits per heavy atom. The summed E-state index contributed by atoms with van der Waals surface area (Å²) < 4.78 is 37.4. The zero-order valence-corrected chi connectivity index (χ0v) is 15.6. The third-order valence-corrected chi connectivity index (χ3v) is 4.23. The van der Waals surface area contributed by atoms with Crippen molar-refractivity contribution in [3.05, 3.63) is 68.7 Å². The molecule has 0 saturated heterocycles. The maximum absolute atomic E-state index is 13.1. The van der Waals surface area contributed by atoms with E-state index in [9.17, 15) is 28.5 Å². The number of ether oxygens (including phenoxy) is 1. The molecule has 0 aliphatic heterocycles. The molecule has 0 aliphatic rings. The van der Waals surface area contributed by atoms with E-state index in [0.29, 0.717) is 11.9 Å². The highest BCUT2D eigenvalue weighted by Gasteiger charge is 2.14. The first-order valence-corrected chi connectivity index (χ1v) is 8.97. The number of nitro groups is 1. The number of amides is 1. The first-order chi connectivity index (χ1) is 14.3. The molecule has 11 heteroatoms. The van der Waals surface area contributed by atoms with Crippen molar-refractivity contribution in [3.8, 4) is 5.75 Å². The molecule has 158 valence electrons. The number of fused-ring (bicyclic) bond motifs is 1. The highest BCUT2D eigenvalue weighted by Crippen LogP contribution is 2.20. The van der Waals surface area contributed by atoms with Crippen molar-refractivity contribution in [2.75, 3.05) is 13.2 Å². The van der Waals surface area contributed by atoms with E-state index in [-0.39, 0.29) is 49.0 Å². The van der Waals surface area contributed by atoms with E-state index in [4.69, 9.17) is 9.15 Å². The Balaban J connectivity index is 1.44. The monoisotopic (exact) mass is 421 g/mol. The van der Waals surface area contributed by atoms with Crippen LogP contribution < -0.4 is 15.8 Å². The summed E-state index contributed by atoms with van der Waals surface area (Å²) in [6, 6.07) is 7.01. The van der Waals surface area contributed by atoms with E-state index in [1.807, 2.05) is 0 Å². The fourth-order valence-corrected chi connectivity index (χ4v) is 2.79. The van der Waals surface area contributed by atoms with Gasteiger partial charge in [-0.2, -0.15) is 0 Å². The number of carbonyl (C=O) groups excluding carboxylic acids is 1. The zero-order chi connectivity index (χ0) is 21.7. The van der Waals surface area contributed by atoms with Crippen LogP contribution in [0.2, 0.25) is 0 Å². The number of halogens is 2. The molecule has 0 aliphatic carbocycles. The summed E-state index contributed by atoms with van der Waals surface area (Å²) in [6.45, 7) is 0.430. The van der Waals surface area contributed by atoms with Gasteiger partial charge in [-0.05, 0) is 24.6 Å². The summed E-state index contributed by atoms with van der Waals surface area (Å²) in [7, 11) is 0. The van der Waals surface area contributed by atoms with Gasteiger partial charge >= 0.3 is 5.76 Å². The number of rotatable bonds is 9. The normalized spacial score (nSPS) is 10.9. The van der Waals surface area contributed by atoms with Crippen molar-refractivity contribution in [2.45, 2.75) is 19.4 Å². The Hall–Kier alpha value is -3.76. The van der Waals surface area contributed by atoms with Crippen molar-refractivity contribution >= 4 is 22.7 Å². The van der Waals surface area contributed by atoms with E-state index in [1.165, 1.54) is 28.8 Å². The summed E-state index contributed by atoms with van der Waals surface area (Å²) in [5.74, 6) is -2.78. The quantitative estimate of drug-likeness (QED) is 0.323. The van der Waals surface area contributed by atoms with Crippen LogP contribution >= 0.6 is 0 Å². The van der Waals surface area contributed by atoms with Crippen LogP contribution in [-0.4, -0.2) is 28.5 Å². The van der Waals surface area contributed by atoms with E-state index < -0.39 is 22.3 Å². The first kappa shape index (κ1) is 21.0. The number of nitro benzene ring substituents is 1. The minimum atomic E-state index is -1.02. The van der Waals surface area contributed by atoms with Crippen molar-refractivity contribution < 1.29 is 27.7 Å². The molecule has 0 atom stereocenters. The van der Waals surface area contributed by atoms with E-state index in [2.05, 4.69) is 5.32 Å². The summed E-state index contributed by atoms with van der Waals surface area (Å²) in [6.07, 6.45) is 0.457. The lowest BCUT2D eigenvalue weighted by atomic mass is 10.2. The smallest absolute Gasteiger partial charge is 0.419 e. The highest BCUT2D eigenvalue weighted by molar-refractivity contribution is 5.76. The van der Waals surface area contributed by atoms with E-state index in [0.717, 1.165) is 12.1 Å². The van der Waals surface area contributed by atoms with Crippen molar-refractivity contribution in [1.29, 1.82) is 0 Å². The van der Waals surface area contributed by atoms with Crippen LogP contribution in [0.5, 0.6) is 5.75 Å². The van der Waals surface area contributed by atoms with Gasteiger partial charge in [0, 0.05) is 25.1 Å². The lowest BCUT2D eigenvalue weighted by Gasteiger charge is -2.08. The maximum atomic E-state index is 13.1. The van der Waals surface area contributed by atoms with Gasteiger partial charge in [-0.1, -0.05) is 0 Å². The number of nitrogens with one attached hydrogen (secondary N) is 1. The van der Waals surface area contributed by atoms with Crippen LogP contribution in [0.4, 0.5) is 14.5 Å². The van der Waals surface area contributed by atoms with Crippen LogP contribution in [0, 0.1) is 21.7 Å². The van der Waals surface area contributed by atoms with Crippen LogP contribution in [0.1, 0.15) is 12.8 Å². The molecule has 0 fully saturated rings. The second-order valence-corrected chi connectivity index (χ2v) is 6.31. The number of carbonyl (C=O) groups is 1. The molecule has 1 aromatic heterocycles. The molecule has 0 spiro atoms. The summed E-state index contributed by atoms with van der Waals surface area (Å²) in [4.78, 5) is 34.0. The van der Waals surface area contributed by atoms with Crippen molar-refractivity contribution in [3.63, 3.8) is 0 Å². The van der Waals surface area contributed by atoms with Gasteiger partial charge in [0.05, 0.1) is 23.1 Å². The number of hydrogen-bond donors (Lipinski definition) is 1. The molecule has 0 saturated carbocycles. The SMILES string of the molecule is O=C(CCCn1c(=O)oc2cc([N+](=O)[O-])ccc21)NCCOc1ccc(F)c(F)c1. The molecular formula is C19H17F2N3O6. The van der Waals surface area contributed by atoms with Crippen LogP contribution in [-0.2, 0) is 11.3 Å². The van der Waals surface area contributed by atoms with Gasteiger partial charge in [-0.15, -0.1) is 0 Å². The molecule has 2 aromatic carbocycles. The third kappa shape index (κ3) is 4.99. The predicted octanol–water partition coefficient (Wildman–Crippen LogP) is 2.76. The predicted molar refractivity (Wildman–Crippen MR) is 101 cm³/mol. The first-order valence-electron chi connectivity index (χ1n) is 8.97. The number of aromatic nitrogens is 1. The van der Waals surface area contributed by atoms with Gasteiger partial charge in [-0.3, -0.25) is 19.5 Å². The zero-order valence-electron chi connectivity index (χ0n) is 15.6. The molecule has 0 unspecified atom stereocenters. The molecule has 1 heterocycles. The summed E-state index contributed by atoms with van der Waals surface area (Å²) in [5.41, 5.74) is 0.326. The van der Waals surface area contributed by atoms with Crippen LogP contribution in [0.25, 0.3) is 11.1 Å². The van der Waals surface area contributed by atoms with Gasteiger partial charge in [0.15, 0.2) is 17.2 Å². The maximum Gasteiger partial charge on any atom is 0.419 e. The topological polar surface area (TPSA) is 117 Å². The molecule has 30 heavy (non-hydrogen) atoms. The second kappa shape index (κ2) is 9.16. The molecular weight excluding hydrogens is 404 g/mol. The number of non-ortho nitro benzene ring substituents is 1. The lowest BCUT2D eigenvalue weighted by Crippen LogP contribution is -2.28. The molecule has 9 nitrogen and oxygen atoms in total. The van der Waals surface area contributed by atoms with E-state index in [1.54, 1.807) is 0 Å². The number of oxazole rings is 1. The van der Waals surface area contributed by atoms with Gasteiger partial charge < -0.3 is 14.5 Å². The molecule has 1 amide bonds. The van der Waals surface area contributed by atoms with Gasteiger partial charge in [0.1, 0.15) is 12.4 Å². The van der Waals surface area contributed by atoms with Gasteiger partial charge in [0.25, 0.3) is 5.69 Å².